The highest BCUT2D eigenvalue weighted by molar-refractivity contribution is 9.09. The smallest absolute Gasteiger partial charge is 0.153 e. The van der Waals surface area contributed by atoms with Crippen molar-refractivity contribution in [2.45, 2.75) is 13.0 Å². The Balaban J connectivity index is 2.54. The molecule has 0 aliphatic carbocycles. The van der Waals surface area contributed by atoms with Gasteiger partial charge in [0.05, 0.1) is 11.5 Å². The van der Waals surface area contributed by atoms with Crippen molar-refractivity contribution in [1.82, 2.24) is 4.90 Å². The Morgan fingerprint density at radius 2 is 2.25 bits per heavy atom. The Kier molecular flexibility index (Phi) is 3.55. The standard InChI is InChI=1S/C7H14BrNO2S/c1-7-6-12(10,11)5-4-9(7)3-2-8/h7H,2-6H2,1H3. The normalized spacial score (nSPS) is 30.3. The van der Waals surface area contributed by atoms with Crippen molar-refractivity contribution in [3.8, 4) is 0 Å². The number of hydrogen-bond acceptors (Lipinski definition) is 3. The van der Waals surface area contributed by atoms with Gasteiger partial charge in [-0.15, -0.1) is 0 Å². The molecule has 1 atom stereocenters. The van der Waals surface area contributed by atoms with Gasteiger partial charge in [0.15, 0.2) is 9.84 Å². The summed E-state index contributed by atoms with van der Waals surface area (Å²) in [5.41, 5.74) is 0. The molecule has 5 heteroatoms. The average molecular weight is 256 g/mol. The minimum absolute atomic E-state index is 0.182. The SMILES string of the molecule is CC1CS(=O)(=O)CCN1CCBr. The van der Waals surface area contributed by atoms with E-state index in [1.165, 1.54) is 0 Å². The van der Waals surface area contributed by atoms with Gasteiger partial charge in [-0.05, 0) is 6.92 Å². The topological polar surface area (TPSA) is 37.4 Å². The number of sulfone groups is 1. The molecule has 1 fully saturated rings. The van der Waals surface area contributed by atoms with Crippen LogP contribution >= 0.6 is 15.9 Å². The van der Waals surface area contributed by atoms with E-state index in [1.807, 2.05) is 6.92 Å². The van der Waals surface area contributed by atoms with E-state index in [0.717, 1.165) is 11.9 Å². The highest BCUT2D eigenvalue weighted by Gasteiger charge is 2.27. The van der Waals surface area contributed by atoms with Crippen molar-refractivity contribution in [3.05, 3.63) is 0 Å². The van der Waals surface area contributed by atoms with Crippen molar-refractivity contribution in [3.63, 3.8) is 0 Å². The molecule has 0 aromatic heterocycles. The van der Waals surface area contributed by atoms with E-state index in [-0.39, 0.29) is 6.04 Å². The fourth-order valence-electron chi connectivity index (χ4n) is 1.47. The number of nitrogens with zero attached hydrogens (tertiary/aromatic N) is 1. The molecule has 0 radical (unpaired) electrons. The molecule has 1 unspecified atom stereocenters. The van der Waals surface area contributed by atoms with Crippen LogP contribution < -0.4 is 0 Å². The van der Waals surface area contributed by atoms with Crippen LogP contribution in [-0.4, -0.2) is 49.3 Å². The lowest BCUT2D eigenvalue weighted by Crippen LogP contribution is -2.47. The van der Waals surface area contributed by atoms with Crippen molar-refractivity contribution < 1.29 is 8.42 Å². The summed E-state index contributed by atoms with van der Waals surface area (Å²) >= 11 is 3.35. The molecule has 1 rings (SSSR count). The maximum Gasteiger partial charge on any atom is 0.153 e. The lowest BCUT2D eigenvalue weighted by Gasteiger charge is -2.32. The van der Waals surface area contributed by atoms with Gasteiger partial charge >= 0.3 is 0 Å². The van der Waals surface area contributed by atoms with Crippen molar-refractivity contribution in [2.75, 3.05) is 29.9 Å². The first-order valence-corrected chi connectivity index (χ1v) is 7.00. The summed E-state index contributed by atoms with van der Waals surface area (Å²) in [6.07, 6.45) is 0. The Morgan fingerprint density at radius 1 is 1.58 bits per heavy atom. The highest BCUT2D eigenvalue weighted by atomic mass is 79.9. The predicted molar refractivity (Wildman–Crippen MR) is 53.5 cm³/mol. The van der Waals surface area contributed by atoms with E-state index in [2.05, 4.69) is 20.8 Å². The van der Waals surface area contributed by atoms with Gasteiger partial charge in [-0.2, -0.15) is 0 Å². The first-order chi connectivity index (χ1) is 5.55. The number of alkyl halides is 1. The van der Waals surface area contributed by atoms with Crippen molar-refractivity contribution in [2.24, 2.45) is 0 Å². The van der Waals surface area contributed by atoms with E-state index in [0.29, 0.717) is 18.1 Å². The summed E-state index contributed by atoms with van der Waals surface area (Å²) in [5, 5.41) is 0.914. The van der Waals surface area contributed by atoms with Gasteiger partial charge < -0.3 is 0 Å². The molecule has 1 heterocycles. The van der Waals surface area contributed by atoms with E-state index >= 15 is 0 Å². The van der Waals surface area contributed by atoms with Crippen LogP contribution in [0.15, 0.2) is 0 Å². The van der Waals surface area contributed by atoms with Crippen LogP contribution in [0.1, 0.15) is 6.92 Å². The van der Waals surface area contributed by atoms with E-state index < -0.39 is 9.84 Å². The lowest BCUT2D eigenvalue weighted by atomic mass is 10.3. The van der Waals surface area contributed by atoms with Crippen LogP contribution in [0.25, 0.3) is 0 Å². The third-order valence-electron chi connectivity index (χ3n) is 2.18. The lowest BCUT2D eigenvalue weighted by molar-refractivity contribution is 0.241. The van der Waals surface area contributed by atoms with Crippen LogP contribution in [0, 0.1) is 0 Å². The third-order valence-corrected chi connectivity index (χ3v) is 4.33. The minimum atomic E-state index is -2.74. The Labute approximate surface area is 82.2 Å². The molecule has 1 saturated heterocycles. The number of rotatable bonds is 2. The minimum Gasteiger partial charge on any atom is -0.298 e. The third kappa shape index (κ3) is 2.71. The monoisotopic (exact) mass is 255 g/mol. The molecule has 1 aliphatic heterocycles. The van der Waals surface area contributed by atoms with Crippen molar-refractivity contribution in [1.29, 1.82) is 0 Å². The molecule has 0 N–H and O–H groups in total. The van der Waals surface area contributed by atoms with Gasteiger partial charge in [-0.25, -0.2) is 8.42 Å². The summed E-state index contributed by atoms with van der Waals surface area (Å²) in [6, 6.07) is 0.182. The predicted octanol–water partition coefficient (Wildman–Crippen LogP) is 0.500. The second-order valence-electron chi connectivity index (χ2n) is 3.19. The Bertz CT molecular complexity index is 240. The van der Waals surface area contributed by atoms with Crippen LogP contribution in [0.5, 0.6) is 0 Å². The highest BCUT2D eigenvalue weighted by Crippen LogP contribution is 2.10. The second kappa shape index (κ2) is 4.07. The van der Waals surface area contributed by atoms with Crippen molar-refractivity contribution >= 4 is 25.8 Å². The zero-order valence-corrected chi connectivity index (χ0v) is 9.57. The summed E-state index contributed by atoms with van der Waals surface area (Å²) in [4.78, 5) is 2.20. The largest absolute Gasteiger partial charge is 0.298 e. The molecule has 0 aromatic carbocycles. The van der Waals surface area contributed by atoms with Gasteiger partial charge in [0.25, 0.3) is 0 Å². The van der Waals surface area contributed by atoms with E-state index in [9.17, 15) is 8.42 Å². The van der Waals surface area contributed by atoms with Gasteiger partial charge in [0, 0.05) is 24.5 Å². The molecular formula is C7H14BrNO2S. The van der Waals surface area contributed by atoms with Gasteiger partial charge in [0.2, 0.25) is 0 Å². The van der Waals surface area contributed by atoms with Gasteiger partial charge in [-0.1, -0.05) is 15.9 Å². The summed E-state index contributed by atoms with van der Waals surface area (Å²) < 4.78 is 22.3. The van der Waals surface area contributed by atoms with Crippen LogP contribution in [0.4, 0.5) is 0 Å². The fourth-order valence-corrected chi connectivity index (χ4v) is 3.55. The summed E-state index contributed by atoms with van der Waals surface area (Å²) in [7, 11) is -2.74. The molecule has 0 saturated carbocycles. The fraction of sp³-hybridized carbons (Fsp3) is 1.00. The maximum atomic E-state index is 11.2. The molecule has 72 valence electrons. The molecule has 3 nitrogen and oxygen atoms in total. The first-order valence-electron chi connectivity index (χ1n) is 4.05. The van der Waals surface area contributed by atoms with Crippen LogP contribution in [0.3, 0.4) is 0 Å². The quantitative estimate of drug-likeness (QED) is 0.675. The van der Waals surface area contributed by atoms with Gasteiger partial charge in [0.1, 0.15) is 0 Å². The number of halogens is 1. The maximum absolute atomic E-state index is 11.2. The molecule has 0 amide bonds. The van der Waals surface area contributed by atoms with Gasteiger partial charge in [-0.3, -0.25) is 4.90 Å². The average Bonchev–Trinajstić information content (AvgIpc) is 1.94. The molecule has 0 spiro atoms. The Morgan fingerprint density at radius 3 is 2.75 bits per heavy atom. The molecular weight excluding hydrogens is 242 g/mol. The molecule has 12 heavy (non-hydrogen) atoms. The number of hydrogen-bond donors (Lipinski definition) is 0. The van der Waals surface area contributed by atoms with Crippen LogP contribution in [-0.2, 0) is 9.84 Å². The van der Waals surface area contributed by atoms with E-state index in [1.54, 1.807) is 0 Å². The second-order valence-corrected chi connectivity index (χ2v) is 6.21. The molecule has 0 aromatic rings. The first kappa shape index (κ1) is 10.5. The van der Waals surface area contributed by atoms with Crippen LogP contribution in [0.2, 0.25) is 0 Å². The summed E-state index contributed by atoms with van der Waals surface area (Å²) in [5.74, 6) is 0.643. The molecule has 0 bridgehead atoms. The van der Waals surface area contributed by atoms with E-state index in [4.69, 9.17) is 0 Å². The zero-order valence-electron chi connectivity index (χ0n) is 7.16. The summed E-state index contributed by atoms with van der Waals surface area (Å²) in [6.45, 7) is 3.60. The Hall–Kier alpha value is 0.390. The molecule has 1 aliphatic rings. The zero-order chi connectivity index (χ0) is 9.19.